The Morgan fingerprint density at radius 3 is 2.47 bits per heavy atom. The Kier molecular flexibility index (Phi) is 4.22. The molecule has 1 aromatic rings. The van der Waals surface area contributed by atoms with E-state index in [0.717, 1.165) is 5.69 Å². The standard InChI is InChI=1S/C15H22N2O2/c1-11-2-4-13(5-3-11)17-14(18)12-6-8-15(19,10-16)9-7-12/h2-5,12,19H,6-10,16H2,1H3,(H,17,18). The summed E-state index contributed by atoms with van der Waals surface area (Å²) in [5.41, 5.74) is 6.78. The zero-order valence-electron chi connectivity index (χ0n) is 11.4. The minimum atomic E-state index is -0.763. The van der Waals surface area contributed by atoms with Crippen LogP contribution in [-0.2, 0) is 4.79 Å². The van der Waals surface area contributed by atoms with Crippen LogP contribution in [0.4, 0.5) is 5.69 Å². The first-order valence-corrected chi connectivity index (χ1v) is 6.82. The van der Waals surface area contributed by atoms with Crippen LogP contribution in [0.15, 0.2) is 24.3 Å². The van der Waals surface area contributed by atoms with Crippen LogP contribution in [0.2, 0.25) is 0 Å². The van der Waals surface area contributed by atoms with Gasteiger partial charge in [0.2, 0.25) is 5.91 Å². The van der Waals surface area contributed by atoms with Gasteiger partial charge in [-0.25, -0.2) is 0 Å². The van der Waals surface area contributed by atoms with Gasteiger partial charge in [0.25, 0.3) is 0 Å². The Balaban J connectivity index is 1.89. The number of nitrogens with two attached hydrogens (primary N) is 1. The SMILES string of the molecule is Cc1ccc(NC(=O)C2CCC(O)(CN)CC2)cc1. The smallest absolute Gasteiger partial charge is 0.227 e. The summed E-state index contributed by atoms with van der Waals surface area (Å²) in [4.78, 5) is 12.1. The van der Waals surface area contributed by atoms with E-state index in [-0.39, 0.29) is 18.4 Å². The molecule has 0 atom stereocenters. The third-order valence-corrected chi connectivity index (χ3v) is 3.99. The van der Waals surface area contributed by atoms with E-state index in [0.29, 0.717) is 25.7 Å². The highest BCUT2D eigenvalue weighted by molar-refractivity contribution is 5.92. The number of anilines is 1. The van der Waals surface area contributed by atoms with Gasteiger partial charge in [-0.3, -0.25) is 4.79 Å². The van der Waals surface area contributed by atoms with E-state index in [1.807, 2.05) is 31.2 Å². The molecule has 2 rings (SSSR count). The number of nitrogens with one attached hydrogen (secondary N) is 1. The molecule has 0 bridgehead atoms. The van der Waals surface area contributed by atoms with E-state index in [9.17, 15) is 9.90 Å². The van der Waals surface area contributed by atoms with E-state index in [1.165, 1.54) is 5.56 Å². The van der Waals surface area contributed by atoms with E-state index in [2.05, 4.69) is 5.32 Å². The van der Waals surface area contributed by atoms with Gasteiger partial charge in [0.15, 0.2) is 0 Å². The maximum atomic E-state index is 12.1. The Hall–Kier alpha value is -1.39. The first-order valence-electron chi connectivity index (χ1n) is 6.82. The number of carbonyl (C=O) groups is 1. The van der Waals surface area contributed by atoms with Gasteiger partial charge >= 0.3 is 0 Å². The van der Waals surface area contributed by atoms with Crippen LogP contribution in [0.1, 0.15) is 31.2 Å². The van der Waals surface area contributed by atoms with Gasteiger partial charge in [-0.2, -0.15) is 0 Å². The fraction of sp³-hybridized carbons (Fsp3) is 0.533. The van der Waals surface area contributed by atoms with Crippen LogP contribution < -0.4 is 11.1 Å². The molecule has 19 heavy (non-hydrogen) atoms. The molecule has 1 aliphatic rings. The van der Waals surface area contributed by atoms with Crippen LogP contribution in [0.5, 0.6) is 0 Å². The van der Waals surface area contributed by atoms with Crippen LogP contribution in [-0.4, -0.2) is 23.2 Å². The fourth-order valence-electron chi connectivity index (χ4n) is 2.50. The van der Waals surface area contributed by atoms with Gasteiger partial charge in [0.1, 0.15) is 0 Å². The highest BCUT2D eigenvalue weighted by atomic mass is 16.3. The molecular formula is C15H22N2O2. The lowest BCUT2D eigenvalue weighted by molar-refractivity contribution is -0.122. The fourth-order valence-corrected chi connectivity index (χ4v) is 2.50. The summed E-state index contributed by atoms with van der Waals surface area (Å²) in [7, 11) is 0. The number of carbonyl (C=O) groups excluding carboxylic acids is 1. The minimum Gasteiger partial charge on any atom is -0.389 e. The molecule has 0 aliphatic heterocycles. The molecule has 1 saturated carbocycles. The Morgan fingerprint density at radius 1 is 1.37 bits per heavy atom. The first kappa shape index (κ1) is 14.0. The largest absolute Gasteiger partial charge is 0.389 e. The van der Waals surface area contributed by atoms with E-state index < -0.39 is 5.60 Å². The number of aryl methyl sites for hydroxylation is 1. The maximum absolute atomic E-state index is 12.1. The molecule has 1 fully saturated rings. The van der Waals surface area contributed by atoms with E-state index >= 15 is 0 Å². The van der Waals surface area contributed by atoms with Crippen molar-refractivity contribution in [3.8, 4) is 0 Å². The van der Waals surface area contributed by atoms with Crippen molar-refractivity contribution in [3.05, 3.63) is 29.8 Å². The number of amides is 1. The molecule has 4 nitrogen and oxygen atoms in total. The van der Waals surface area contributed by atoms with Crippen molar-refractivity contribution in [2.75, 3.05) is 11.9 Å². The predicted octanol–water partition coefficient (Wildman–Crippen LogP) is 1.81. The summed E-state index contributed by atoms with van der Waals surface area (Å²) < 4.78 is 0. The number of rotatable bonds is 3. The number of benzene rings is 1. The molecule has 0 saturated heterocycles. The third kappa shape index (κ3) is 3.55. The molecule has 1 aliphatic carbocycles. The second kappa shape index (κ2) is 5.72. The quantitative estimate of drug-likeness (QED) is 0.777. The average molecular weight is 262 g/mol. The Bertz CT molecular complexity index is 434. The van der Waals surface area contributed by atoms with Crippen LogP contribution in [0.25, 0.3) is 0 Å². The second-order valence-corrected chi connectivity index (χ2v) is 5.56. The Labute approximate surface area is 114 Å². The van der Waals surface area contributed by atoms with E-state index in [4.69, 9.17) is 5.73 Å². The van der Waals surface area contributed by atoms with Crippen molar-refractivity contribution in [2.24, 2.45) is 11.7 Å². The number of aliphatic hydroxyl groups is 1. The number of hydrogen-bond acceptors (Lipinski definition) is 3. The molecule has 1 amide bonds. The molecule has 104 valence electrons. The van der Waals surface area contributed by atoms with Crippen molar-refractivity contribution in [1.82, 2.24) is 0 Å². The van der Waals surface area contributed by atoms with Gasteiger partial charge < -0.3 is 16.2 Å². The molecule has 0 unspecified atom stereocenters. The van der Waals surface area contributed by atoms with Gasteiger partial charge in [-0.15, -0.1) is 0 Å². The summed E-state index contributed by atoms with van der Waals surface area (Å²) in [6, 6.07) is 7.77. The first-order chi connectivity index (χ1) is 9.02. The molecule has 1 aromatic carbocycles. The zero-order chi connectivity index (χ0) is 13.9. The van der Waals surface area contributed by atoms with E-state index in [1.54, 1.807) is 0 Å². The third-order valence-electron chi connectivity index (χ3n) is 3.99. The summed E-state index contributed by atoms with van der Waals surface area (Å²) in [6.07, 6.45) is 2.61. The van der Waals surface area contributed by atoms with Gasteiger partial charge in [0, 0.05) is 18.2 Å². The van der Waals surface area contributed by atoms with Crippen LogP contribution in [0.3, 0.4) is 0 Å². The molecule has 0 spiro atoms. The van der Waals surface area contributed by atoms with Crippen molar-refractivity contribution >= 4 is 11.6 Å². The zero-order valence-corrected chi connectivity index (χ0v) is 11.4. The van der Waals surface area contributed by atoms with Crippen molar-refractivity contribution < 1.29 is 9.90 Å². The van der Waals surface area contributed by atoms with Crippen molar-refractivity contribution in [3.63, 3.8) is 0 Å². The molecule has 4 heteroatoms. The second-order valence-electron chi connectivity index (χ2n) is 5.56. The molecule has 0 radical (unpaired) electrons. The molecule has 4 N–H and O–H groups in total. The monoisotopic (exact) mass is 262 g/mol. The average Bonchev–Trinajstić information content (AvgIpc) is 2.42. The van der Waals surface area contributed by atoms with Gasteiger partial charge in [-0.1, -0.05) is 17.7 Å². The number of hydrogen-bond donors (Lipinski definition) is 3. The summed E-state index contributed by atoms with van der Waals surface area (Å²) >= 11 is 0. The molecular weight excluding hydrogens is 240 g/mol. The maximum Gasteiger partial charge on any atom is 0.227 e. The summed E-state index contributed by atoms with van der Waals surface area (Å²) in [5, 5.41) is 13.0. The molecule has 0 aromatic heterocycles. The van der Waals surface area contributed by atoms with Gasteiger partial charge in [0.05, 0.1) is 5.60 Å². The lowest BCUT2D eigenvalue weighted by atomic mass is 9.78. The normalized spacial score (nSPS) is 27.0. The summed E-state index contributed by atoms with van der Waals surface area (Å²) in [6.45, 7) is 2.29. The lowest BCUT2D eigenvalue weighted by Crippen LogP contribution is -2.43. The molecule has 0 heterocycles. The highest BCUT2D eigenvalue weighted by Gasteiger charge is 2.34. The lowest BCUT2D eigenvalue weighted by Gasteiger charge is -2.34. The minimum absolute atomic E-state index is 0.0203. The predicted molar refractivity (Wildman–Crippen MR) is 75.8 cm³/mol. The van der Waals surface area contributed by atoms with Gasteiger partial charge in [-0.05, 0) is 44.7 Å². The van der Waals surface area contributed by atoms with Crippen LogP contribution in [0, 0.1) is 12.8 Å². The topological polar surface area (TPSA) is 75.3 Å². The van der Waals surface area contributed by atoms with Crippen molar-refractivity contribution in [2.45, 2.75) is 38.2 Å². The highest BCUT2D eigenvalue weighted by Crippen LogP contribution is 2.32. The van der Waals surface area contributed by atoms with Crippen molar-refractivity contribution in [1.29, 1.82) is 0 Å². The summed E-state index contributed by atoms with van der Waals surface area (Å²) in [5.74, 6) is 0.0241. The Morgan fingerprint density at radius 2 is 1.95 bits per heavy atom. The van der Waals surface area contributed by atoms with Crippen LogP contribution >= 0.6 is 0 Å².